The first-order valence-electron chi connectivity index (χ1n) is 7.21. The predicted molar refractivity (Wildman–Crippen MR) is 77.8 cm³/mol. The Labute approximate surface area is 123 Å². The number of rotatable bonds is 4. The van der Waals surface area contributed by atoms with Crippen LogP contribution in [0.1, 0.15) is 35.5 Å². The van der Waals surface area contributed by atoms with Crippen LogP contribution in [0.4, 0.5) is 5.95 Å². The monoisotopic (exact) mass is 286 g/mol. The summed E-state index contributed by atoms with van der Waals surface area (Å²) >= 11 is 0. The van der Waals surface area contributed by atoms with Gasteiger partial charge in [0.25, 0.3) is 5.91 Å². The molecule has 0 radical (unpaired) electrons. The number of aromatic nitrogens is 2. The molecule has 1 N–H and O–H groups in total. The maximum absolute atomic E-state index is 12.4. The predicted octanol–water partition coefficient (Wildman–Crippen LogP) is 2.31. The first-order chi connectivity index (χ1) is 10.3. The minimum Gasteiger partial charge on any atom is -0.467 e. The number of carbonyl (C=O) groups excluding carboxylic acids is 1. The fourth-order valence-electron chi connectivity index (χ4n) is 2.40. The highest BCUT2D eigenvalue weighted by atomic mass is 16.3. The van der Waals surface area contributed by atoms with Crippen LogP contribution >= 0.6 is 0 Å². The van der Waals surface area contributed by atoms with Gasteiger partial charge in [-0.3, -0.25) is 4.79 Å². The summed E-state index contributed by atoms with van der Waals surface area (Å²) in [4.78, 5) is 22.7. The Morgan fingerprint density at radius 2 is 2.14 bits per heavy atom. The molecular formula is C15H18N4O2. The average Bonchev–Trinajstić information content (AvgIpc) is 3.07. The van der Waals surface area contributed by atoms with Crippen molar-refractivity contribution in [3.8, 4) is 0 Å². The normalized spacial score (nSPS) is 15.0. The summed E-state index contributed by atoms with van der Waals surface area (Å²) in [6, 6.07) is 5.36. The van der Waals surface area contributed by atoms with Crippen LogP contribution in [0.15, 0.2) is 35.1 Å². The molecule has 6 heteroatoms. The Bertz CT molecular complexity index is 591. The highest BCUT2D eigenvalue weighted by Gasteiger charge is 2.19. The number of furan rings is 1. The highest BCUT2D eigenvalue weighted by Crippen LogP contribution is 2.13. The smallest absolute Gasteiger partial charge is 0.272 e. The molecule has 0 atom stereocenters. The van der Waals surface area contributed by atoms with Gasteiger partial charge in [-0.05, 0) is 37.5 Å². The lowest BCUT2D eigenvalue weighted by molar-refractivity contribution is 0.0718. The second kappa shape index (κ2) is 6.39. The van der Waals surface area contributed by atoms with E-state index >= 15 is 0 Å². The number of hydrogen-bond donors (Lipinski definition) is 1. The molecule has 0 aromatic carbocycles. The molecule has 0 unspecified atom stereocenters. The topological polar surface area (TPSA) is 71.3 Å². The van der Waals surface area contributed by atoms with Gasteiger partial charge in [0, 0.05) is 19.3 Å². The third-order valence-electron chi connectivity index (χ3n) is 3.52. The Balaban J connectivity index is 1.66. The van der Waals surface area contributed by atoms with Gasteiger partial charge in [-0.15, -0.1) is 0 Å². The molecular weight excluding hydrogens is 268 g/mol. The summed E-state index contributed by atoms with van der Waals surface area (Å²) in [7, 11) is 0. The van der Waals surface area contributed by atoms with Crippen molar-refractivity contribution in [3.63, 3.8) is 0 Å². The van der Waals surface area contributed by atoms with Crippen LogP contribution in [-0.2, 0) is 6.54 Å². The third-order valence-corrected chi connectivity index (χ3v) is 3.52. The Morgan fingerprint density at radius 3 is 2.90 bits per heavy atom. The standard InChI is InChI=1S/C15H18N4O2/c20-14(19-8-2-1-3-9-19)13-6-7-16-15(18-13)17-11-12-5-4-10-21-12/h4-7,10H,1-3,8-9,11H2,(H,16,17,18). The highest BCUT2D eigenvalue weighted by molar-refractivity contribution is 5.92. The van der Waals surface area contributed by atoms with Gasteiger partial charge >= 0.3 is 0 Å². The number of nitrogens with one attached hydrogen (secondary N) is 1. The van der Waals surface area contributed by atoms with Crippen LogP contribution < -0.4 is 5.32 Å². The Hall–Kier alpha value is -2.37. The van der Waals surface area contributed by atoms with E-state index in [4.69, 9.17) is 4.42 Å². The zero-order valence-corrected chi connectivity index (χ0v) is 11.8. The summed E-state index contributed by atoms with van der Waals surface area (Å²) in [5.41, 5.74) is 0.439. The van der Waals surface area contributed by atoms with Crippen LogP contribution in [-0.4, -0.2) is 33.9 Å². The van der Waals surface area contributed by atoms with Crippen LogP contribution in [0.25, 0.3) is 0 Å². The first kappa shape index (κ1) is 13.6. The van der Waals surface area contributed by atoms with E-state index in [1.165, 1.54) is 6.42 Å². The van der Waals surface area contributed by atoms with Crippen molar-refractivity contribution >= 4 is 11.9 Å². The number of piperidine rings is 1. The van der Waals surface area contributed by atoms with Gasteiger partial charge in [0.05, 0.1) is 12.8 Å². The van der Waals surface area contributed by atoms with Crippen molar-refractivity contribution in [2.75, 3.05) is 18.4 Å². The molecule has 1 aliphatic rings. The summed E-state index contributed by atoms with van der Waals surface area (Å²) < 4.78 is 5.23. The van der Waals surface area contributed by atoms with E-state index in [0.29, 0.717) is 18.2 Å². The van der Waals surface area contributed by atoms with Crippen LogP contribution in [0.2, 0.25) is 0 Å². The van der Waals surface area contributed by atoms with Crippen molar-refractivity contribution in [1.29, 1.82) is 0 Å². The second-order valence-electron chi connectivity index (χ2n) is 5.05. The second-order valence-corrected chi connectivity index (χ2v) is 5.05. The van der Waals surface area contributed by atoms with Gasteiger partial charge in [0.1, 0.15) is 11.5 Å². The molecule has 1 aliphatic heterocycles. The minimum atomic E-state index is -0.0156. The molecule has 6 nitrogen and oxygen atoms in total. The van der Waals surface area contributed by atoms with Crippen LogP contribution in [0.3, 0.4) is 0 Å². The summed E-state index contributed by atoms with van der Waals surface area (Å²) in [6.07, 6.45) is 6.56. The molecule has 21 heavy (non-hydrogen) atoms. The van der Waals surface area contributed by atoms with Crippen LogP contribution in [0.5, 0.6) is 0 Å². The van der Waals surface area contributed by atoms with E-state index in [1.807, 2.05) is 17.0 Å². The van der Waals surface area contributed by atoms with E-state index in [0.717, 1.165) is 31.7 Å². The molecule has 1 amide bonds. The molecule has 2 aromatic rings. The van der Waals surface area contributed by atoms with E-state index in [1.54, 1.807) is 18.5 Å². The minimum absolute atomic E-state index is 0.0156. The fraction of sp³-hybridized carbons (Fsp3) is 0.400. The number of anilines is 1. The van der Waals surface area contributed by atoms with Crippen molar-refractivity contribution in [2.24, 2.45) is 0 Å². The van der Waals surface area contributed by atoms with Crippen molar-refractivity contribution in [3.05, 3.63) is 42.1 Å². The number of carbonyl (C=O) groups is 1. The molecule has 3 heterocycles. The van der Waals surface area contributed by atoms with Gasteiger partial charge in [0.15, 0.2) is 0 Å². The van der Waals surface area contributed by atoms with E-state index < -0.39 is 0 Å². The van der Waals surface area contributed by atoms with Crippen molar-refractivity contribution in [1.82, 2.24) is 14.9 Å². The lowest BCUT2D eigenvalue weighted by Crippen LogP contribution is -2.36. The quantitative estimate of drug-likeness (QED) is 0.933. The maximum Gasteiger partial charge on any atom is 0.272 e. The summed E-state index contributed by atoms with van der Waals surface area (Å²) in [5, 5.41) is 3.06. The largest absolute Gasteiger partial charge is 0.467 e. The number of nitrogens with zero attached hydrogens (tertiary/aromatic N) is 3. The maximum atomic E-state index is 12.4. The molecule has 110 valence electrons. The van der Waals surface area contributed by atoms with Gasteiger partial charge in [-0.2, -0.15) is 0 Å². The number of likely N-dealkylation sites (tertiary alicyclic amines) is 1. The van der Waals surface area contributed by atoms with E-state index in [9.17, 15) is 4.79 Å². The van der Waals surface area contributed by atoms with E-state index in [-0.39, 0.29) is 5.91 Å². The lowest BCUT2D eigenvalue weighted by atomic mass is 10.1. The van der Waals surface area contributed by atoms with Crippen molar-refractivity contribution < 1.29 is 9.21 Å². The molecule has 1 saturated heterocycles. The average molecular weight is 286 g/mol. The van der Waals surface area contributed by atoms with Gasteiger partial charge in [-0.25, -0.2) is 9.97 Å². The SMILES string of the molecule is O=C(c1ccnc(NCc2ccco2)n1)N1CCCCC1. The summed E-state index contributed by atoms with van der Waals surface area (Å²) in [6.45, 7) is 2.13. The van der Waals surface area contributed by atoms with Crippen molar-refractivity contribution in [2.45, 2.75) is 25.8 Å². The third kappa shape index (κ3) is 3.39. The van der Waals surface area contributed by atoms with Gasteiger partial charge in [0.2, 0.25) is 5.95 Å². The van der Waals surface area contributed by atoms with Crippen LogP contribution in [0, 0.1) is 0 Å². The Kier molecular flexibility index (Phi) is 4.14. The zero-order chi connectivity index (χ0) is 14.5. The van der Waals surface area contributed by atoms with Gasteiger partial charge in [-0.1, -0.05) is 0 Å². The summed E-state index contributed by atoms with van der Waals surface area (Å²) in [5.74, 6) is 1.22. The first-order valence-corrected chi connectivity index (χ1v) is 7.21. The molecule has 0 aliphatic carbocycles. The molecule has 0 bridgehead atoms. The van der Waals surface area contributed by atoms with E-state index in [2.05, 4.69) is 15.3 Å². The fourth-order valence-corrected chi connectivity index (χ4v) is 2.40. The molecule has 0 spiro atoms. The molecule has 2 aromatic heterocycles. The number of hydrogen-bond acceptors (Lipinski definition) is 5. The molecule has 1 fully saturated rings. The zero-order valence-electron chi connectivity index (χ0n) is 11.8. The number of amides is 1. The lowest BCUT2D eigenvalue weighted by Gasteiger charge is -2.26. The molecule has 0 saturated carbocycles. The molecule has 3 rings (SSSR count). The van der Waals surface area contributed by atoms with Gasteiger partial charge < -0.3 is 14.6 Å². The Morgan fingerprint density at radius 1 is 1.29 bits per heavy atom.